The maximum atomic E-state index is 12.0. The molecule has 0 aromatic carbocycles. The molecule has 88 valence electrons. The molecule has 0 unspecified atom stereocenters. The number of nitrogens with one attached hydrogen (secondary N) is 1. The van der Waals surface area contributed by atoms with Crippen LogP contribution in [0.15, 0.2) is 52.4 Å². The van der Waals surface area contributed by atoms with Crippen LogP contribution in [0.3, 0.4) is 0 Å². The molecule has 5 nitrogen and oxygen atoms in total. The smallest absolute Gasteiger partial charge is 0.263 e. The molecule has 0 saturated heterocycles. The van der Waals surface area contributed by atoms with E-state index < -0.39 is 10.0 Å². The third-order valence-corrected chi connectivity index (χ3v) is 3.70. The zero-order chi connectivity index (χ0) is 12.3. The second-order valence-electron chi connectivity index (χ2n) is 3.18. The second kappa shape index (κ2) is 4.80. The van der Waals surface area contributed by atoms with Crippen molar-refractivity contribution in [2.45, 2.75) is 4.90 Å². The zero-order valence-electron chi connectivity index (χ0n) is 8.54. The standard InChI is InChI=1S/C10H8BrN3O2S/c11-8-5-10(7-13-6-8)17(15,16)14-9-1-3-12-4-2-9/h1-7H,(H,12,14). The van der Waals surface area contributed by atoms with Crippen molar-refractivity contribution in [1.29, 1.82) is 0 Å². The van der Waals surface area contributed by atoms with Gasteiger partial charge in [0.2, 0.25) is 0 Å². The first-order valence-corrected chi connectivity index (χ1v) is 6.89. The fourth-order valence-electron chi connectivity index (χ4n) is 1.17. The maximum Gasteiger partial charge on any atom is 0.263 e. The van der Waals surface area contributed by atoms with E-state index in [1.807, 2.05) is 0 Å². The second-order valence-corrected chi connectivity index (χ2v) is 5.78. The van der Waals surface area contributed by atoms with Gasteiger partial charge in [-0.3, -0.25) is 14.7 Å². The summed E-state index contributed by atoms with van der Waals surface area (Å²) in [6.07, 6.45) is 5.83. The molecule has 0 aliphatic rings. The number of nitrogens with zero attached hydrogens (tertiary/aromatic N) is 2. The maximum absolute atomic E-state index is 12.0. The molecule has 2 rings (SSSR count). The lowest BCUT2D eigenvalue weighted by Crippen LogP contribution is -2.13. The van der Waals surface area contributed by atoms with E-state index in [0.29, 0.717) is 10.2 Å². The predicted molar refractivity (Wildman–Crippen MR) is 67.0 cm³/mol. The third kappa shape index (κ3) is 3.01. The summed E-state index contributed by atoms with van der Waals surface area (Å²) in [5.41, 5.74) is 0.458. The number of pyridine rings is 2. The largest absolute Gasteiger partial charge is 0.279 e. The van der Waals surface area contributed by atoms with Crippen molar-refractivity contribution in [2.75, 3.05) is 4.72 Å². The van der Waals surface area contributed by atoms with Crippen molar-refractivity contribution in [3.63, 3.8) is 0 Å². The molecule has 0 fully saturated rings. The lowest BCUT2D eigenvalue weighted by atomic mass is 10.4. The predicted octanol–water partition coefficient (Wildman–Crippen LogP) is 2.04. The van der Waals surface area contributed by atoms with Crippen LogP contribution in [-0.2, 0) is 10.0 Å². The molecule has 0 bridgehead atoms. The highest BCUT2D eigenvalue weighted by molar-refractivity contribution is 9.10. The van der Waals surface area contributed by atoms with E-state index in [4.69, 9.17) is 0 Å². The van der Waals surface area contributed by atoms with Gasteiger partial charge in [-0.15, -0.1) is 0 Å². The fourth-order valence-corrected chi connectivity index (χ4v) is 2.74. The van der Waals surface area contributed by atoms with Crippen molar-refractivity contribution in [3.8, 4) is 0 Å². The quantitative estimate of drug-likeness (QED) is 0.941. The number of rotatable bonds is 3. The fraction of sp³-hybridized carbons (Fsp3) is 0. The van der Waals surface area contributed by atoms with Gasteiger partial charge in [-0.2, -0.15) is 0 Å². The Labute approximate surface area is 107 Å². The first kappa shape index (κ1) is 12.0. The van der Waals surface area contributed by atoms with E-state index >= 15 is 0 Å². The lowest BCUT2D eigenvalue weighted by molar-refractivity contribution is 0.600. The lowest BCUT2D eigenvalue weighted by Gasteiger charge is -2.07. The van der Waals surface area contributed by atoms with Crippen LogP contribution in [0.25, 0.3) is 0 Å². The molecular formula is C10H8BrN3O2S. The van der Waals surface area contributed by atoms with E-state index in [2.05, 4.69) is 30.6 Å². The molecule has 0 radical (unpaired) electrons. The Kier molecular flexibility index (Phi) is 3.39. The van der Waals surface area contributed by atoms with Crippen molar-refractivity contribution in [2.24, 2.45) is 0 Å². The highest BCUT2D eigenvalue weighted by atomic mass is 79.9. The molecule has 2 heterocycles. The normalized spacial score (nSPS) is 11.1. The molecule has 0 aliphatic heterocycles. The first-order valence-electron chi connectivity index (χ1n) is 4.61. The van der Waals surface area contributed by atoms with Crippen molar-refractivity contribution < 1.29 is 8.42 Å². The number of aromatic nitrogens is 2. The average molecular weight is 314 g/mol. The van der Waals surface area contributed by atoms with Crippen LogP contribution < -0.4 is 4.72 Å². The van der Waals surface area contributed by atoms with Gasteiger partial charge in [0.05, 0.1) is 5.69 Å². The van der Waals surface area contributed by atoms with Gasteiger partial charge in [0.1, 0.15) is 4.90 Å². The monoisotopic (exact) mass is 313 g/mol. The van der Waals surface area contributed by atoms with Crippen LogP contribution in [0.5, 0.6) is 0 Å². The van der Waals surface area contributed by atoms with Gasteiger partial charge in [0.15, 0.2) is 0 Å². The third-order valence-electron chi connectivity index (χ3n) is 1.92. The van der Waals surface area contributed by atoms with Crippen LogP contribution in [0, 0.1) is 0 Å². The van der Waals surface area contributed by atoms with E-state index in [1.54, 1.807) is 12.1 Å². The summed E-state index contributed by atoms with van der Waals surface area (Å²) in [6, 6.07) is 4.63. The summed E-state index contributed by atoms with van der Waals surface area (Å²) in [7, 11) is -3.61. The number of halogens is 1. The molecule has 7 heteroatoms. The highest BCUT2D eigenvalue weighted by Gasteiger charge is 2.14. The van der Waals surface area contributed by atoms with Crippen LogP contribution in [0.4, 0.5) is 5.69 Å². The summed E-state index contributed by atoms with van der Waals surface area (Å²) in [4.78, 5) is 7.72. The van der Waals surface area contributed by atoms with Crippen molar-refractivity contribution in [3.05, 3.63) is 47.5 Å². The SMILES string of the molecule is O=S(=O)(Nc1ccncc1)c1cncc(Br)c1. The number of hydrogen-bond donors (Lipinski definition) is 1. The Balaban J connectivity index is 2.32. The molecule has 0 spiro atoms. The van der Waals surface area contributed by atoms with Gasteiger partial charge in [0, 0.05) is 29.3 Å². The van der Waals surface area contributed by atoms with Gasteiger partial charge < -0.3 is 0 Å². The molecule has 17 heavy (non-hydrogen) atoms. The molecule has 1 N–H and O–H groups in total. The van der Waals surface area contributed by atoms with E-state index in [9.17, 15) is 8.42 Å². The number of hydrogen-bond acceptors (Lipinski definition) is 4. The minimum Gasteiger partial charge on any atom is -0.279 e. The molecule has 2 aromatic heterocycles. The van der Waals surface area contributed by atoms with Crippen molar-refractivity contribution >= 4 is 31.6 Å². The van der Waals surface area contributed by atoms with E-state index in [1.165, 1.54) is 30.9 Å². The average Bonchev–Trinajstić information content (AvgIpc) is 2.30. The molecule has 2 aromatic rings. The molecular weight excluding hydrogens is 306 g/mol. The van der Waals surface area contributed by atoms with E-state index in [0.717, 1.165) is 0 Å². The Morgan fingerprint density at radius 1 is 1.12 bits per heavy atom. The minimum absolute atomic E-state index is 0.101. The van der Waals surface area contributed by atoms with Gasteiger partial charge >= 0.3 is 0 Å². The molecule has 0 amide bonds. The molecule has 0 saturated carbocycles. The van der Waals surface area contributed by atoms with Gasteiger partial charge in [-0.1, -0.05) is 0 Å². The minimum atomic E-state index is -3.61. The van der Waals surface area contributed by atoms with Crippen LogP contribution in [0.1, 0.15) is 0 Å². The van der Waals surface area contributed by atoms with E-state index in [-0.39, 0.29) is 4.90 Å². The Hall–Kier alpha value is -1.47. The van der Waals surface area contributed by atoms with Gasteiger partial charge in [0.25, 0.3) is 10.0 Å². The number of sulfonamides is 1. The van der Waals surface area contributed by atoms with Gasteiger partial charge in [-0.05, 0) is 34.1 Å². The summed E-state index contributed by atoms with van der Waals surface area (Å²) in [5, 5.41) is 0. The zero-order valence-corrected chi connectivity index (χ0v) is 10.9. The summed E-state index contributed by atoms with van der Waals surface area (Å²) in [5.74, 6) is 0. The van der Waals surface area contributed by atoms with Crippen LogP contribution in [-0.4, -0.2) is 18.4 Å². The van der Waals surface area contributed by atoms with Gasteiger partial charge in [-0.25, -0.2) is 8.42 Å². The van der Waals surface area contributed by atoms with Crippen molar-refractivity contribution in [1.82, 2.24) is 9.97 Å². The topological polar surface area (TPSA) is 72.0 Å². The van der Waals surface area contributed by atoms with Crippen LogP contribution >= 0.6 is 15.9 Å². The molecule has 0 atom stereocenters. The number of anilines is 1. The first-order chi connectivity index (χ1) is 8.08. The Morgan fingerprint density at radius 3 is 2.47 bits per heavy atom. The highest BCUT2D eigenvalue weighted by Crippen LogP contribution is 2.17. The molecule has 0 aliphatic carbocycles. The van der Waals surface area contributed by atoms with Crippen LogP contribution in [0.2, 0.25) is 0 Å². The summed E-state index contributed by atoms with van der Waals surface area (Å²) >= 11 is 3.18. The Bertz CT molecular complexity index is 616. The summed E-state index contributed by atoms with van der Waals surface area (Å²) in [6.45, 7) is 0. The summed E-state index contributed by atoms with van der Waals surface area (Å²) < 4.78 is 27.0. The Morgan fingerprint density at radius 2 is 1.82 bits per heavy atom.